The predicted molar refractivity (Wildman–Crippen MR) is 122 cm³/mol. The van der Waals surface area contributed by atoms with Crippen molar-refractivity contribution >= 4 is 49.6 Å². The van der Waals surface area contributed by atoms with Gasteiger partial charge in [0.15, 0.2) is 0 Å². The van der Waals surface area contributed by atoms with Crippen molar-refractivity contribution in [2.75, 3.05) is 18.3 Å². The fourth-order valence-electron chi connectivity index (χ4n) is 3.92. The van der Waals surface area contributed by atoms with Crippen molar-refractivity contribution in [2.24, 2.45) is 0 Å². The number of rotatable bonds is 6. The Kier molecular flexibility index (Phi) is 4.94. The minimum absolute atomic E-state index is 0.0625. The van der Waals surface area contributed by atoms with Gasteiger partial charge >= 0.3 is 0 Å². The van der Waals surface area contributed by atoms with Crippen molar-refractivity contribution in [1.29, 1.82) is 0 Å². The Morgan fingerprint density at radius 3 is 2.83 bits per heavy atom. The fourth-order valence-corrected chi connectivity index (χ4v) is 4.28. The maximum absolute atomic E-state index is 13.3. The Balaban J connectivity index is 1.70. The van der Waals surface area contributed by atoms with E-state index in [1.165, 1.54) is 0 Å². The molecule has 1 aliphatic heterocycles. The van der Waals surface area contributed by atoms with Crippen molar-refractivity contribution in [1.82, 2.24) is 9.55 Å². The highest BCUT2D eigenvalue weighted by Crippen LogP contribution is 2.43. The molecule has 30 heavy (non-hydrogen) atoms. The number of aromatic nitrogens is 2. The largest absolute Gasteiger partial charge is 0.754 e. The summed E-state index contributed by atoms with van der Waals surface area (Å²) in [5.74, 6) is 0.619. The molecule has 6 nitrogen and oxygen atoms in total. The molecule has 0 bridgehead atoms. The first-order valence-electron chi connectivity index (χ1n) is 9.73. The Labute approximate surface area is 181 Å². The molecule has 0 atom stereocenters. The average molecular weight is 465 g/mol. The van der Waals surface area contributed by atoms with Crippen LogP contribution in [0, 0.1) is 5.21 Å². The normalized spacial score (nSPS) is 13.2. The zero-order valence-corrected chi connectivity index (χ0v) is 17.7. The summed E-state index contributed by atoms with van der Waals surface area (Å²) in [7, 11) is 0. The molecule has 5 rings (SSSR count). The maximum Gasteiger partial charge on any atom is 0.122 e. The van der Waals surface area contributed by atoms with Crippen molar-refractivity contribution in [3.63, 3.8) is 0 Å². The van der Waals surface area contributed by atoms with Crippen molar-refractivity contribution < 1.29 is 9.84 Å². The van der Waals surface area contributed by atoms with Crippen LogP contribution in [-0.2, 0) is 6.42 Å². The van der Waals surface area contributed by atoms with Gasteiger partial charge in [-0.15, -0.1) is 0 Å². The number of nitrogens with zero attached hydrogens (tertiary/aromatic N) is 3. The number of hydrogen-bond donors (Lipinski definition) is 1. The van der Waals surface area contributed by atoms with Gasteiger partial charge in [-0.1, -0.05) is 22.0 Å². The van der Waals surface area contributed by atoms with Crippen LogP contribution in [0.3, 0.4) is 0 Å². The number of hydroxylamine groups is 1. The molecule has 0 spiro atoms. The molecule has 0 radical (unpaired) electrons. The Bertz CT molecular complexity index is 1270. The second-order valence-electron chi connectivity index (χ2n) is 7.25. The number of hydrogen-bond acceptors (Lipinski definition) is 5. The SMILES string of the molecule is [O-]N1C(Cc2cccnc2)=Cn2c3ccc(Br)cc3c3cc(OCCCO)cc1c32. The van der Waals surface area contributed by atoms with Crippen molar-refractivity contribution in [2.45, 2.75) is 12.8 Å². The van der Waals surface area contributed by atoms with Crippen LogP contribution in [0.4, 0.5) is 5.69 Å². The van der Waals surface area contributed by atoms with E-state index in [4.69, 9.17) is 9.84 Å². The van der Waals surface area contributed by atoms with Crippen LogP contribution in [0.5, 0.6) is 5.75 Å². The van der Waals surface area contributed by atoms with Gasteiger partial charge in [-0.25, -0.2) is 0 Å². The molecule has 0 unspecified atom stereocenters. The lowest BCUT2D eigenvalue weighted by Crippen LogP contribution is -2.21. The summed E-state index contributed by atoms with van der Waals surface area (Å²) in [5, 5.41) is 25.4. The highest BCUT2D eigenvalue weighted by Gasteiger charge is 2.22. The molecule has 3 heterocycles. The highest BCUT2D eigenvalue weighted by molar-refractivity contribution is 9.10. The van der Waals surface area contributed by atoms with Gasteiger partial charge in [-0.05, 0) is 35.9 Å². The van der Waals surface area contributed by atoms with E-state index in [2.05, 4.69) is 31.5 Å². The monoisotopic (exact) mass is 464 g/mol. The lowest BCUT2D eigenvalue weighted by Gasteiger charge is -2.37. The summed E-state index contributed by atoms with van der Waals surface area (Å²) < 4.78 is 8.89. The van der Waals surface area contributed by atoms with Crippen LogP contribution in [-0.4, -0.2) is 27.9 Å². The third kappa shape index (κ3) is 3.25. The van der Waals surface area contributed by atoms with E-state index < -0.39 is 0 Å². The summed E-state index contributed by atoms with van der Waals surface area (Å²) in [4.78, 5) is 4.16. The van der Waals surface area contributed by atoms with E-state index in [-0.39, 0.29) is 6.61 Å². The molecule has 152 valence electrons. The number of aliphatic hydroxyl groups excluding tert-OH is 1. The molecule has 2 aromatic carbocycles. The Morgan fingerprint density at radius 1 is 1.13 bits per heavy atom. The average Bonchev–Trinajstić information content (AvgIpc) is 3.06. The first-order chi connectivity index (χ1) is 14.7. The maximum atomic E-state index is 13.3. The zero-order chi connectivity index (χ0) is 20.7. The van der Waals surface area contributed by atoms with Crippen LogP contribution in [0.25, 0.3) is 28.0 Å². The second kappa shape index (κ2) is 7.75. The van der Waals surface area contributed by atoms with Crippen LogP contribution in [0.15, 0.2) is 65.0 Å². The molecular formula is C23H19BrN3O3-. The third-order valence-electron chi connectivity index (χ3n) is 5.25. The summed E-state index contributed by atoms with van der Waals surface area (Å²) in [6, 6.07) is 13.7. The number of aliphatic hydroxyl groups is 1. The highest BCUT2D eigenvalue weighted by atomic mass is 79.9. The third-order valence-corrected chi connectivity index (χ3v) is 5.74. The summed E-state index contributed by atoms with van der Waals surface area (Å²) in [6.45, 7) is 0.452. The van der Waals surface area contributed by atoms with Gasteiger partial charge in [0, 0.05) is 65.1 Å². The zero-order valence-electron chi connectivity index (χ0n) is 16.1. The second-order valence-corrected chi connectivity index (χ2v) is 8.16. The first-order valence-corrected chi connectivity index (χ1v) is 10.5. The number of fused-ring (bicyclic) bond motifs is 3. The number of benzene rings is 2. The number of pyridine rings is 1. The number of anilines is 1. The van der Waals surface area contributed by atoms with Crippen LogP contribution < -0.4 is 9.80 Å². The number of halogens is 1. The van der Waals surface area contributed by atoms with Crippen molar-refractivity contribution in [3.05, 3.63) is 75.8 Å². The molecule has 0 aliphatic carbocycles. The van der Waals surface area contributed by atoms with E-state index >= 15 is 0 Å². The molecule has 1 aliphatic rings. The van der Waals surface area contributed by atoms with Gasteiger partial charge in [-0.3, -0.25) is 4.98 Å². The number of ether oxygens (including phenoxy) is 1. The minimum atomic E-state index is 0.0625. The molecule has 2 aromatic heterocycles. The summed E-state index contributed by atoms with van der Waals surface area (Å²) in [6.07, 6.45) is 6.43. The molecule has 0 fully saturated rings. The van der Waals surface area contributed by atoms with Gasteiger partial charge in [-0.2, -0.15) is 0 Å². The van der Waals surface area contributed by atoms with Crippen LogP contribution >= 0.6 is 15.9 Å². The lowest BCUT2D eigenvalue weighted by molar-refractivity contribution is 0.234. The van der Waals surface area contributed by atoms with E-state index in [1.807, 2.05) is 36.5 Å². The molecular weight excluding hydrogens is 446 g/mol. The summed E-state index contributed by atoms with van der Waals surface area (Å²) >= 11 is 3.56. The predicted octanol–water partition coefficient (Wildman–Crippen LogP) is 5.07. The van der Waals surface area contributed by atoms with Crippen LogP contribution in [0.2, 0.25) is 0 Å². The molecule has 4 aromatic rings. The van der Waals surface area contributed by atoms with Gasteiger partial charge in [0.25, 0.3) is 0 Å². The van der Waals surface area contributed by atoms with Gasteiger partial charge in [0.05, 0.1) is 23.3 Å². The Hall–Kier alpha value is -2.87. The van der Waals surface area contributed by atoms with E-state index in [9.17, 15) is 5.21 Å². The standard InChI is InChI=1S/C23H19BrN3O3/c24-16-4-5-21-19(10-16)20-11-18(30-8-2-7-28)12-22-23(20)26(21)14-17(27(22)29)9-15-3-1-6-25-13-15/h1,3-6,10-14,28H,2,7-9H2/q-1. The number of allylic oxidation sites excluding steroid dienone is 1. The fraction of sp³-hybridized carbons (Fsp3) is 0.174. The van der Waals surface area contributed by atoms with Crippen LogP contribution in [0.1, 0.15) is 12.0 Å². The Morgan fingerprint density at radius 2 is 2.03 bits per heavy atom. The van der Waals surface area contributed by atoms with E-state index in [0.717, 1.165) is 36.9 Å². The molecule has 1 N–H and O–H groups in total. The van der Waals surface area contributed by atoms with Gasteiger partial charge in [0.2, 0.25) is 0 Å². The molecule has 0 amide bonds. The smallest absolute Gasteiger partial charge is 0.122 e. The van der Waals surface area contributed by atoms with Crippen molar-refractivity contribution in [3.8, 4) is 5.75 Å². The molecule has 0 saturated carbocycles. The van der Waals surface area contributed by atoms with E-state index in [0.29, 0.717) is 36.6 Å². The molecule has 0 saturated heterocycles. The topological polar surface area (TPSA) is 73.6 Å². The lowest BCUT2D eigenvalue weighted by atomic mass is 10.1. The quantitative estimate of drug-likeness (QED) is 0.403. The minimum Gasteiger partial charge on any atom is -0.754 e. The first kappa shape index (κ1) is 19.1. The van der Waals surface area contributed by atoms with Gasteiger partial charge in [0.1, 0.15) is 5.75 Å². The van der Waals surface area contributed by atoms with Gasteiger partial charge < -0.3 is 24.7 Å². The molecule has 7 heteroatoms. The summed E-state index contributed by atoms with van der Waals surface area (Å²) in [5.41, 5.74) is 4.05. The van der Waals surface area contributed by atoms with E-state index in [1.54, 1.807) is 18.5 Å².